The third kappa shape index (κ3) is 12.2. The van der Waals surface area contributed by atoms with Gasteiger partial charge in [-0.15, -0.1) is 0 Å². The first-order valence-electron chi connectivity index (χ1n) is 25.1. The van der Waals surface area contributed by atoms with Gasteiger partial charge in [0.15, 0.2) is 0 Å². The smallest absolute Gasteiger partial charge is 0.494 e. The van der Waals surface area contributed by atoms with Crippen LogP contribution in [0.4, 0.5) is 11.6 Å². The van der Waals surface area contributed by atoms with E-state index in [0.717, 1.165) is 93.2 Å². The molecule has 4 aromatic heterocycles. The van der Waals surface area contributed by atoms with Crippen LogP contribution in [0, 0.1) is 0 Å². The van der Waals surface area contributed by atoms with E-state index >= 15 is 0 Å². The molecule has 2 aromatic carbocycles. The van der Waals surface area contributed by atoms with E-state index in [9.17, 15) is 14.7 Å². The predicted octanol–water partition coefficient (Wildman–Crippen LogP) is 7.38. The topological polar surface area (TPSA) is 166 Å². The number of likely N-dealkylation sites (N-methyl/N-ethyl adjacent to an activating group) is 2. The van der Waals surface area contributed by atoms with Crippen LogP contribution in [0.15, 0.2) is 73.1 Å². The average molecular weight is 1020 g/mol. The monoisotopic (exact) mass is 1020 g/mol. The lowest BCUT2D eigenvalue weighted by Crippen LogP contribution is -2.48. The number of anilines is 2. The molecule has 72 heavy (non-hydrogen) atoms. The Hall–Kier alpha value is -5.64. The number of ether oxygens (including phenoxy) is 2. The fraction of sp³-hybridized carbons (Fsp3) is 0.500. The average Bonchev–Trinajstić information content (AvgIpc) is 3.94. The summed E-state index contributed by atoms with van der Waals surface area (Å²) in [6.07, 6.45) is 3.53. The molecule has 0 unspecified atom stereocenters. The van der Waals surface area contributed by atoms with Gasteiger partial charge in [-0.2, -0.15) is 10.2 Å². The molecule has 0 atom stereocenters. The van der Waals surface area contributed by atoms with Crippen molar-refractivity contribution < 1.29 is 33.5 Å². The van der Waals surface area contributed by atoms with Crippen molar-refractivity contribution in [2.24, 2.45) is 0 Å². The molecule has 384 valence electrons. The summed E-state index contributed by atoms with van der Waals surface area (Å²) in [6.45, 7) is 27.9. The van der Waals surface area contributed by atoms with E-state index in [1.165, 1.54) is 0 Å². The Morgan fingerprint density at radius 1 is 0.625 bits per heavy atom. The van der Waals surface area contributed by atoms with Crippen LogP contribution in [-0.4, -0.2) is 157 Å². The van der Waals surface area contributed by atoms with Gasteiger partial charge < -0.3 is 43.5 Å². The van der Waals surface area contributed by atoms with Crippen LogP contribution in [0.2, 0.25) is 51.4 Å². The van der Waals surface area contributed by atoms with Crippen molar-refractivity contribution in [3.8, 4) is 28.3 Å². The van der Waals surface area contributed by atoms with Crippen molar-refractivity contribution in [2.45, 2.75) is 104 Å². The second-order valence-electron chi connectivity index (χ2n) is 22.7. The van der Waals surface area contributed by atoms with Crippen molar-refractivity contribution in [1.82, 2.24) is 39.3 Å². The van der Waals surface area contributed by atoms with Gasteiger partial charge in [0.2, 0.25) is 11.8 Å². The number of benzene rings is 2. The van der Waals surface area contributed by atoms with Crippen LogP contribution in [0.3, 0.4) is 0 Å². The van der Waals surface area contributed by atoms with Crippen LogP contribution in [-0.2, 0) is 41.8 Å². The summed E-state index contributed by atoms with van der Waals surface area (Å²) < 4.78 is 28.5. The van der Waals surface area contributed by atoms with Gasteiger partial charge in [-0.3, -0.25) is 9.59 Å². The second kappa shape index (κ2) is 21.1. The van der Waals surface area contributed by atoms with Crippen LogP contribution in [0.25, 0.3) is 44.3 Å². The zero-order valence-corrected chi connectivity index (χ0v) is 46.4. The van der Waals surface area contributed by atoms with E-state index in [4.69, 9.17) is 29.0 Å². The maximum atomic E-state index is 12.4. The Labute approximate surface area is 426 Å². The van der Waals surface area contributed by atoms with E-state index < -0.39 is 34.5 Å². The maximum absolute atomic E-state index is 12.4. The first-order valence-corrected chi connectivity index (χ1v) is 32.5. The third-order valence-electron chi connectivity index (χ3n) is 14.1. The Bertz CT molecular complexity index is 2900. The minimum Gasteiger partial charge on any atom is -0.508 e. The van der Waals surface area contributed by atoms with Crippen molar-refractivity contribution in [3.63, 3.8) is 0 Å². The zero-order valence-electron chi connectivity index (χ0n) is 44.4. The number of aromatic nitrogens is 6. The van der Waals surface area contributed by atoms with Crippen LogP contribution in [0.5, 0.6) is 5.75 Å². The summed E-state index contributed by atoms with van der Waals surface area (Å²) in [5.41, 5.74) is 5.40. The lowest BCUT2D eigenvalue weighted by molar-refractivity contribution is -0.130. The number of carbonyl (C=O) groups excluding carboxylic acids is 2. The second-order valence-corrected chi connectivity index (χ2v) is 34.0. The molecule has 6 aromatic rings. The van der Waals surface area contributed by atoms with Crippen molar-refractivity contribution in [1.29, 1.82) is 0 Å². The standard InChI is InChI=1S/C29H42BN5O4Si.C23H31N5O3Si/c1-28(2)29(3,4)39-30(38-28)22-9-10-24-23(18-22)27(32-35(24)20-37-15-16-40(6,7)8)21-11-12-31-25(17-21)34-14-13-33(5)26(36)19-34;1-26-9-10-27(15-22(26)30)21-13-17(7-8-24-21)23-19-14-18(29)5-6-20(19)28(25-23)16-31-11-12-32(2,3)4/h9-12,17-18H,13-16,19-20H2,1-8H3;5-8,13-14,29H,9-12,15-16H2,1-4H3. The van der Waals surface area contributed by atoms with Gasteiger partial charge in [0.1, 0.15) is 42.2 Å². The van der Waals surface area contributed by atoms with Gasteiger partial charge in [0, 0.05) is 104 Å². The molecule has 1 N–H and O–H groups in total. The fourth-order valence-corrected chi connectivity index (χ4v) is 10.1. The molecule has 0 spiro atoms. The molecular formula is C52H73BN10O7Si2. The molecule has 20 heteroatoms. The largest absolute Gasteiger partial charge is 0.508 e. The Balaban J connectivity index is 0.000000197. The highest BCUT2D eigenvalue weighted by atomic mass is 28.3. The normalized spacial score (nSPS) is 17.4. The quantitative estimate of drug-likeness (QED) is 0.0801. The molecule has 7 heterocycles. The number of fused-ring (bicyclic) bond motifs is 2. The number of phenols is 1. The fourth-order valence-electron chi connectivity index (χ4n) is 8.56. The summed E-state index contributed by atoms with van der Waals surface area (Å²) in [6, 6.07) is 21.6. The number of amides is 2. The van der Waals surface area contributed by atoms with Gasteiger partial charge in [-0.1, -0.05) is 51.4 Å². The van der Waals surface area contributed by atoms with Crippen molar-refractivity contribution in [3.05, 3.63) is 73.1 Å². The lowest BCUT2D eigenvalue weighted by atomic mass is 9.78. The van der Waals surface area contributed by atoms with Gasteiger partial charge >= 0.3 is 7.12 Å². The minimum atomic E-state index is -1.20. The number of nitrogens with zero attached hydrogens (tertiary/aromatic N) is 10. The number of phenolic OH excluding ortho intramolecular Hbond substituents is 1. The number of carbonyl (C=O) groups is 2. The summed E-state index contributed by atoms with van der Waals surface area (Å²) in [5, 5.41) is 21.8. The lowest BCUT2D eigenvalue weighted by Gasteiger charge is -2.32. The molecule has 0 radical (unpaired) electrons. The molecule has 0 saturated carbocycles. The molecule has 3 saturated heterocycles. The van der Waals surface area contributed by atoms with E-state index in [1.54, 1.807) is 34.3 Å². The van der Waals surface area contributed by atoms with Gasteiger partial charge in [-0.25, -0.2) is 19.3 Å². The summed E-state index contributed by atoms with van der Waals surface area (Å²) in [4.78, 5) is 41.1. The number of rotatable bonds is 15. The SMILES string of the molecule is CN1CCN(c2cc(-c3nn(COCC[Si](C)(C)C)c4ccc(B5OC(C)(C)C(C)(C)O5)cc34)ccn2)CC1=O.CN1CCN(c2cc(-c3nn(COCC[Si](C)(C)C)c4ccc(O)cc34)ccn2)CC1=O. The summed E-state index contributed by atoms with van der Waals surface area (Å²) in [7, 11) is 0.831. The van der Waals surface area contributed by atoms with Crippen molar-refractivity contribution >= 4 is 74.0 Å². The van der Waals surface area contributed by atoms with Crippen LogP contribution >= 0.6 is 0 Å². The molecular weight excluding hydrogens is 944 g/mol. The molecule has 0 aliphatic carbocycles. The molecule has 3 aliphatic heterocycles. The molecule has 2 amide bonds. The van der Waals surface area contributed by atoms with Gasteiger partial charge in [0.25, 0.3) is 0 Å². The minimum absolute atomic E-state index is 0.0820. The predicted molar refractivity (Wildman–Crippen MR) is 291 cm³/mol. The molecule has 9 rings (SSSR count). The highest BCUT2D eigenvalue weighted by molar-refractivity contribution is 6.76. The number of hydrogen-bond donors (Lipinski definition) is 1. The van der Waals surface area contributed by atoms with E-state index in [-0.39, 0.29) is 17.6 Å². The van der Waals surface area contributed by atoms with Crippen LogP contribution < -0.4 is 15.3 Å². The first kappa shape index (κ1) is 52.7. The molecule has 3 fully saturated rings. The first-order chi connectivity index (χ1) is 33.9. The Morgan fingerprint density at radius 3 is 1.51 bits per heavy atom. The third-order valence-corrected chi connectivity index (χ3v) is 17.5. The number of aromatic hydroxyl groups is 1. The van der Waals surface area contributed by atoms with Crippen LogP contribution in [0.1, 0.15) is 27.7 Å². The molecule has 17 nitrogen and oxygen atoms in total. The Kier molecular flexibility index (Phi) is 15.4. The molecule has 0 bridgehead atoms. The van der Waals surface area contributed by atoms with E-state index in [2.05, 4.69) is 95.1 Å². The Morgan fingerprint density at radius 2 is 1.07 bits per heavy atom. The number of hydrogen-bond acceptors (Lipinski definition) is 13. The van der Waals surface area contributed by atoms with Gasteiger partial charge in [-0.05, 0) is 93.8 Å². The van der Waals surface area contributed by atoms with Crippen molar-refractivity contribution in [2.75, 3.05) is 76.4 Å². The summed E-state index contributed by atoms with van der Waals surface area (Å²) >= 11 is 0. The zero-order chi connectivity index (χ0) is 51.8. The highest BCUT2D eigenvalue weighted by Crippen LogP contribution is 2.38. The number of pyridine rings is 2. The highest BCUT2D eigenvalue weighted by Gasteiger charge is 2.51. The summed E-state index contributed by atoms with van der Waals surface area (Å²) in [5.74, 6) is 1.89. The number of piperazine rings is 2. The van der Waals surface area contributed by atoms with E-state index in [1.807, 2.05) is 63.6 Å². The van der Waals surface area contributed by atoms with Gasteiger partial charge in [0.05, 0.1) is 35.3 Å². The molecule has 3 aliphatic rings. The van der Waals surface area contributed by atoms with E-state index in [0.29, 0.717) is 46.2 Å². The maximum Gasteiger partial charge on any atom is 0.494 e.